The van der Waals surface area contributed by atoms with Gasteiger partial charge < -0.3 is 10.6 Å². The van der Waals surface area contributed by atoms with Crippen LogP contribution in [0.1, 0.15) is 24.9 Å². The normalized spacial score (nSPS) is 13.3. The first-order chi connectivity index (χ1) is 8.33. The molecule has 1 aromatic rings. The van der Waals surface area contributed by atoms with Crippen molar-refractivity contribution >= 4 is 15.5 Å². The molecule has 0 bridgehead atoms. The Bertz CT molecular complexity index is 468. The highest BCUT2D eigenvalue weighted by atomic mass is 32.2. The van der Waals surface area contributed by atoms with E-state index in [2.05, 4.69) is 6.92 Å². The summed E-state index contributed by atoms with van der Waals surface area (Å²) in [4.78, 5) is 1.93. The van der Waals surface area contributed by atoms with Crippen molar-refractivity contribution in [3.05, 3.63) is 29.8 Å². The lowest BCUT2D eigenvalue weighted by atomic mass is 10.1. The van der Waals surface area contributed by atoms with E-state index in [1.807, 2.05) is 36.2 Å². The van der Waals surface area contributed by atoms with Crippen molar-refractivity contribution < 1.29 is 8.42 Å². The largest absolute Gasteiger partial charge is 0.374 e. The Morgan fingerprint density at radius 2 is 1.83 bits per heavy atom. The lowest BCUT2D eigenvalue weighted by Gasteiger charge is -2.19. The van der Waals surface area contributed by atoms with Gasteiger partial charge in [-0.25, -0.2) is 8.42 Å². The molecule has 0 amide bonds. The van der Waals surface area contributed by atoms with Crippen molar-refractivity contribution in [2.24, 2.45) is 5.73 Å². The minimum atomic E-state index is -2.91. The van der Waals surface area contributed by atoms with Crippen molar-refractivity contribution in [3.63, 3.8) is 0 Å². The molecule has 0 aliphatic heterocycles. The van der Waals surface area contributed by atoms with Gasteiger partial charge in [0.15, 0.2) is 0 Å². The molecule has 4 nitrogen and oxygen atoms in total. The molecule has 1 rings (SSSR count). The third-order valence-corrected chi connectivity index (χ3v) is 3.92. The third-order valence-electron chi connectivity index (χ3n) is 3.00. The first-order valence-corrected chi connectivity index (χ1v) is 8.14. The average Bonchev–Trinajstić information content (AvgIpc) is 2.34. The zero-order valence-corrected chi connectivity index (χ0v) is 12.1. The fourth-order valence-corrected chi connectivity index (χ4v) is 2.25. The van der Waals surface area contributed by atoms with Gasteiger partial charge in [-0.15, -0.1) is 0 Å². The van der Waals surface area contributed by atoms with Crippen LogP contribution in [-0.4, -0.2) is 34.0 Å². The van der Waals surface area contributed by atoms with Crippen LogP contribution in [0, 0.1) is 0 Å². The summed E-state index contributed by atoms with van der Waals surface area (Å²) in [5.41, 5.74) is 8.06. The zero-order chi connectivity index (χ0) is 13.8. The molecule has 0 aliphatic carbocycles. The van der Waals surface area contributed by atoms with Crippen LogP contribution in [0.4, 0.5) is 5.69 Å². The monoisotopic (exact) mass is 270 g/mol. The van der Waals surface area contributed by atoms with Gasteiger partial charge in [0.25, 0.3) is 0 Å². The minimum Gasteiger partial charge on any atom is -0.374 e. The van der Waals surface area contributed by atoms with Gasteiger partial charge in [-0.2, -0.15) is 0 Å². The highest BCUT2D eigenvalue weighted by molar-refractivity contribution is 7.90. The van der Waals surface area contributed by atoms with Crippen molar-refractivity contribution in [1.29, 1.82) is 0 Å². The molecule has 0 radical (unpaired) electrons. The van der Waals surface area contributed by atoms with Crippen LogP contribution in [0.15, 0.2) is 24.3 Å². The molecule has 0 spiro atoms. The van der Waals surface area contributed by atoms with Gasteiger partial charge >= 0.3 is 0 Å². The van der Waals surface area contributed by atoms with Gasteiger partial charge in [0.2, 0.25) is 0 Å². The first kappa shape index (κ1) is 15.0. The summed E-state index contributed by atoms with van der Waals surface area (Å²) >= 11 is 0. The van der Waals surface area contributed by atoms with Crippen LogP contribution in [0.25, 0.3) is 0 Å². The van der Waals surface area contributed by atoms with Crippen molar-refractivity contribution in [1.82, 2.24) is 0 Å². The van der Waals surface area contributed by atoms with Crippen molar-refractivity contribution in [2.75, 3.05) is 30.5 Å². The predicted octanol–water partition coefficient (Wildman–Crippen LogP) is 1.58. The van der Waals surface area contributed by atoms with Gasteiger partial charge in [-0.1, -0.05) is 19.1 Å². The number of anilines is 1. The summed E-state index contributed by atoms with van der Waals surface area (Å²) in [5, 5.41) is 0. The molecule has 1 atom stereocenters. The van der Waals surface area contributed by atoms with E-state index >= 15 is 0 Å². The highest BCUT2D eigenvalue weighted by Crippen LogP contribution is 2.18. The van der Waals surface area contributed by atoms with E-state index in [-0.39, 0.29) is 11.8 Å². The minimum absolute atomic E-state index is 0.0698. The molecule has 0 heterocycles. The molecule has 0 aromatic heterocycles. The smallest absolute Gasteiger partial charge is 0.149 e. The molecule has 2 N–H and O–H groups in total. The topological polar surface area (TPSA) is 63.4 Å². The predicted molar refractivity (Wildman–Crippen MR) is 76.6 cm³/mol. The Balaban J connectivity index is 2.67. The molecular weight excluding hydrogens is 248 g/mol. The summed E-state index contributed by atoms with van der Waals surface area (Å²) in [6.07, 6.45) is 2.16. The Kier molecular flexibility index (Phi) is 5.16. The molecule has 0 unspecified atom stereocenters. The second-order valence-corrected chi connectivity index (χ2v) is 6.92. The quantitative estimate of drug-likeness (QED) is 0.852. The van der Waals surface area contributed by atoms with Gasteiger partial charge in [0.05, 0.1) is 5.75 Å². The fourth-order valence-electron chi connectivity index (χ4n) is 1.64. The molecule has 5 heteroatoms. The fraction of sp³-hybridized carbons (Fsp3) is 0.538. The number of sulfone groups is 1. The Hall–Kier alpha value is -1.07. The van der Waals surface area contributed by atoms with E-state index in [1.54, 1.807) is 0 Å². The van der Waals surface area contributed by atoms with E-state index in [0.29, 0.717) is 6.54 Å². The van der Waals surface area contributed by atoms with Crippen LogP contribution in [0.3, 0.4) is 0 Å². The Morgan fingerprint density at radius 3 is 2.28 bits per heavy atom. The molecule has 0 saturated heterocycles. The number of nitrogens with two attached hydrogens (primary N) is 1. The second kappa shape index (κ2) is 6.20. The number of hydrogen-bond acceptors (Lipinski definition) is 4. The van der Waals surface area contributed by atoms with E-state index in [0.717, 1.165) is 17.7 Å². The summed E-state index contributed by atoms with van der Waals surface area (Å²) in [5.74, 6) is 0.166. The highest BCUT2D eigenvalue weighted by Gasteiger charge is 2.07. The summed E-state index contributed by atoms with van der Waals surface area (Å²) < 4.78 is 22.2. The Morgan fingerprint density at radius 1 is 1.28 bits per heavy atom. The van der Waals surface area contributed by atoms with Crippen LogP contribution in [0.2, 0.25) is 0 Å². The van der Waals surface area contributed by atoms with Crippen molar-refractivity contribution in [3.8, 4) is 0 Å². The molecule has 0 aliphatic rings. The summed E-state index contributed by atoms with van der Waals surface area (Å²) in [7, 11) is -1.03. The van der Waals surface area contributed by atoms with Crippen LogP contribution in [0.5, 0.6) is 0 Å². The van der Waals surface area contributed by atoms with Gasteiger partial charge in [0, 0.05) is 31.6 Å². The SMILES string of the molecule is CC[C@H](N)c1ccc(N(C)CCS(C)(=O)=O)cc1. The van der Waals surface area contributed by atoms with Crippen molar-refractivity contribution in [2.45, 2.75) is 19.4 Å². The molecule has 18 heavy (non-hydrogen) atoms. The maximum absolute atomic E-state index is 11.1. The lowest BCUT2D eigenvalue weighted by molar-refractivity contribution is 0.601. The van der Waals surface area contributed by atoms with E-state index in [1.165, 1.54) is 6.26 Å². The van der Waals surface area contributed by atoms with Crippen LogP contribution >= 0.6 is 0 Å². The third kappa shape index (κ3) is 4.66. The molecule has 1 aromatic carbocycles. The molecule has 102 valence electrons. The number of rotatable bonds is 6. The first-order valence-electron chi connectivity index (χ1n) is 6.08. The Labute approximate surface area is 110 Å². The molecule has 0 saturated carbocycles. The summed E-state index contributed by atoms with van der Waals surface area (Å²) in [6.45, 7) is 2.55. The second-order valence-electron chi connectivity index (χ2n) is 4.66. The van der Waals surface area contributed by atoms with E-state index in [9.17, 15) is 8.42 Å². The van der Waals surface area contributed by atoms with Crippen LogP contribution < -0.4 is 10.6 Å². The van der Waals surface area contributed by atoms with E-state index in [4.69, 9.17) is 5.73 Å². The maximum atomic E-state index is 11.1. The van der Waals surface area contributed by atoms with Gasteiger partial charge in [-0.3, -0.25) is 0 Å². The lowest BCUT2D eigenvalue weighted by Crippen LogP contribution is -2.24. The number of nitrogens with zero attached hydrogens (tertiary/aromatic N) is 1. The number of hydrogen-bond donors (Lipinski definition) is 1. The zero-order valence-electron chi connectivity index (χ0n) is 11.3. The van der Waals surface area contributed by atoms with E-state index < -0.39 is 9.84 Å². The van der Waals surface area contributed by atoms with Gasteiger partial charge in [-0.05, 0) is 24.1 Å². The van der Waals surface area contributed by atoms with Gasteiger partial charge in [0.1, 0.15) is 9.84 Å². The number of benzene rings is 1. The van der Waals surface area contributed by atoms with Crippen LogP contribution in [-0.2, 0) is 9.84 Å². The average molecular weight is 270 g/mol. The molecule has 0 fully saturated rings. The maximum Gasteiger partial charge on any atom is 0.149 e. The molecular formula is C13H22N2O2S. The summed E-state index contributed by atoms with van der Waals surface area (Å²) in [6, 6.07) is 8.03. The standard InChI is InChI=1S/C13H22N2O2S/c1-4-13(14)11-5-7-12(8-6-11)15(2)9-10-18(3,16)17/h5-8,13H,4,9-10,14H2,1-3H3/t13-/m0/s1.